The first-order valence-electron chi connectivity index (χ1n) is 3.49. The lowest BCUT2D eigenvalue weighted by Crippen LogP contribution is -2.23. The van der Waals surface area contributed by atoms with E-state index >= 15 is 0 Å². The van der Waals surface area contributed by atoms with Gasteiger partial charge in [0.2, 0.25) is 5.91 Å². The number of ether oxygens (including phenoxy) is 2. The van der Waals surface area contributed by atoms with Crippen LogP contribution in [0.2, 0.25) is 0 Å². The van der Waals surface area contributed by atoms with Crippen molar-refractivity contribution in [1.29, 1.82) is 0 Å². The summed E-state index contributed by atoms with van der Waals surface area (Å²) in [5.41, 5.74) is 0. The summed E-state index contributed by atoms with van der Waals surface area (Å²) in [4.78, 5) is 22.7. The number of methoxy groups -OCH3 is 1. The zero-order valence-electron chi connectivity index (χ0n) is 7.49. The Morgan fingerprint density at radius 3 is 2.33 bits per heavy atom. The van der Waals surface area contributed by atoms with Crippen LogP contribution in [0.15, 0.2) is 0 Å². The highest BCUT2D eigenvalue weighted by atomic mass is 16.7. The molecule has 0 saturated heterocycles. The normalized spacial score (nSPS) is 8.92. The van der Waals surface area contributed by atoms with Gasteiger partial charge in [-0.15, -0.1) is 0 Å². The van der Waals surface area contributed by atoms with E-state index < -0.39 is 6.16 Å². The Labute approximate surface area is 71.2 Å². The summed E-state index contributed by atoms with van der Waals surface area (Å²) in [6.07, 6.45) is -0.580. The summed E-state index contributed by atoms with van der Waals surface area (Å²) >= 11 is 0. The smallest absolute Gasteiger partial charge is 0.438 e. The van der Waals surface area contributed by atoms with E-state index in [1.54, 1.807) is 14.1 Å². The Balaban J connectivity index is 3.44. The molecule has 0 aliphatic heterocycles. The summed E-state index contributed by atoms with van der Waals surface area (Å²) in [6.45, 7) is 0.0592. The average molecular weight is 175 g/mol. The lowest BCUT2D eigenvalue weighted by Gasteiger charge is -2.09. The van der Waals surface area contributed by atoms with Crippen molar-refractivity contribution < 1.29 is 19.1 Å². The van der Waals surface area contributed by atoms with Crippen LogP contribution in [-0.2, 0) is 14.3 Å². The van der Waals surface area contributed by atoms with E-state index in [2.05, 4.69) is 9.47 Å². The predicted molar refractivity (Wildman–Crippen MR) is 41.7 cm³/mol. The standard InChI is InChI=1S/C7H13NO4/c1-8(2)6(9)4-5-12-7(10)11-3/h4-5H2,1-3H3. The second kappa shape index (κ2) is 5.40. The molecule has 5 heteroatoms. The van der Waals surface area contributed by atoms with E-state index in [4.69, 9.17) is 0 Å². The van der Waals surface area contributed by atoms with Crippen molar-refractivity contribution in [2.45, 2.75) is 6.42 Å². The van der Waals surface area contributed by atoms with Crippen molar-refractivity contribution in [2.24, 2.45) is 0 Å². The highest BCUT2D eigenvalue weighted by Crippen LogP contribution is 1.90. The molecule has 0 rings (SSSR count). The van der Waals surface area contributed by atoms with Gasteiger partial charge < -0.3 is 14.4 Å². The number of amides is 1. The van der Waals surface area contributed by atoms with Gasteiger partial charge in [0.15, 0.2) is 0 Å². The summed E-state index contributed by atoms with van der Waals surface area (Å²) in [5, 5.41) is 0. The Morgan fingerprint density at radius 2 is 1.92 bits per heavy atom. The zero-order valence-corrected chi connectivity index (χ0v) is 7.49. The van der Waals surface area contributed by atoms with Gasteiger partial charge in [0.1, 0.15) is 6.61 Å². The summed E-state index contributed by atoms with van der Waals surface area (Å²) < 4.78 is 8.71. The molecular weight excluding hydrogens is 162 g/mol. The Hall–Kier alpha value is -1.26. The Kier molecular flexibility index (Phi) is 4.83. The van der Waals surface area contributed by atoms with E-state index in [-0.39, 0.29) is 18.9 Å². The van der Waals surface area contributed by atoms with E-state index in [0.717, 1.165) is 0 Å². The largest absolute Gasteiger partial charge is 0.507 e. The van der Waals surface area contributed by atoms with Crippen LogP contribution in [0.25, 0.3) is 0 Å². The van der Waals surface area contributed by atoms with Crippen LogP contribution in [0.5, 0.6) is 0 Å². The van der Waals surface area contributed by atoms with Crippen LogP contribution < -0.4 is 0 Å². The predicted octanol–water partition coefficient (Wildman–Crippen LogP) is 0.248. The summed E-state index contributed by atoms with van der Waals surface area (Å²) in [5.74, 6) is -0.0843. The molecule has 1 amide bonds. The lowest BCUT2D eigenvalue weighted by atomic mass is 10.4. The third kappa shape index (κ3) is 4.54. The molecule has 0 unspecified atom stereocenters. The van der Waals surface area contributed by atoms with Gasteiger partial charge >= 0.3 is 6.16 Å². The minimum atomic E-state index is -0.762. The molecule has 0 radical (unpaired) electrons. The van der Waals surface area contributed by atoms with Gasteiger partial charge in [-0.2, -0.15) is 0 Å². The number of rotatable bonds is 3. The van der Waals surface area contributed by atoms with E-state index in [1.165, 1.54) is 12.0 Å². The van der Waals surface area contributed by atoms with Crippen LogP contribution in [0.1, 0.15) is 6.42 Å². The van der Waals surface area contributed by atoms with Gasteiger partial charge in [-0.3, -0.25) is 4.79 Å². The van der Waals surface area contributed by atoms with Crippen LogP contribution in [0.4, 0.5) is 4.79 Å². The molecule has 12 heavy (non-hydrogen) atoms. The fourth-order valence-corrected chi connectivity index (χ4v) is 0.504. The van der Waals surface area contributed by atoms with Crippen molar-refractivity contribution in [3.63, 3.8) is 0 Å². The second-order valence-electron chi connectivity index (χ2n) is 2.34. The van der Waals surface area contributed by atoms with E-state index in [0.29, 0.717) is 0 Å². The quantitative estimate of drug-likeness (QED) is 0.577. The molecule has 70 valence electrons. The van der Waals surface area contributed by atoms with Crippen LogP contribution in [0, 0.1) is 0 Å². The van der Waals surface area contributed by atoms with E-state index in [9.17, 15) is 9.59 Å². The van der Waals surface area contributed by atoms with Crippen molar-refractivity contribution >= 4 is 12.1 Å². The molecule has 0 heterocycles. The Bertz CT molecular complexity index is 167. The van der Waals surface area contributed by atoms with Gasteiger partial charge in [0.05, 0.1) is 13.5 Å². The molecule has 0 bridgehead atoms. The molecular formula is C7H13NO4. The van der Waals surface area contributed by atoms with Gasteiger partial charge in [0, 0.05) is 14.1 Å². The first kappa shape index (κ1) is 10.7. The highest BCUT2D eigenvalue weighted by molar-refractivity contribution is 5.75. The topological polar surface area (TPSA) is 55.8 Å². The average Bonchev–Trinajstić information content (AvgIpc) is 2.03. The van der Waals surface area contributed by atoms with Crippen molar-refractivity contribution in [2.75, 3.05) is 27.8 Å². The number of hydrogen-bond acceptors (Lipinski definition) is 4. The molecule has 0 aliphatic carbocycles. The van der Waals surface area contributed by atoms with Crippen molar-refractivity contribution in [1.82, 2.24) is 4.90 Å². The minimum Gasteiger partial charge on any atom is -0.438 e. The molecule has 0 aliphatic rings. The van der Waals surface area contributed by atoms with Crippen molar-refractivity contribution in [3.05, 3.63) is 0 Å². The highest BCUT2D eigenvalue weighted by Gasteiger charge is 2.05. The van der Waals surface area contributed by atoms with Crippen LogP contribution in [0.3, 0.4) is 0 Å². The molecule has 5 nitrogen and oxygen atoms in total. The summed E-state index contributed by atoms with van der Waals surface area (Å²) in [6, 6.07) is 0. The first-order valence-corrected chi connectivity index (χ1v) is 3.49. The molecule has 0 N–H and O–H groups in total. The number of hydrogen-bond donors (Lipinski definition) is 0. The maximum atomic E-state index is 10.9. The maximum absolute atomic E-state index is 10.9. The van der Waals surface area contributed by atoms with Crippen LogP contribution >= 0.6 is 0 Å². The SMILES string of the molecule is COC(=O)OCCC(=O)N(C)C. The molecule has 0 fully saturated rings. The maximum Gasteiger partial charge on any atom is 0.507 e. The molecule has 0 spiro atoms. The lowest BCUT2D eigenvalue weighted by molar-refractivity contribution is -0.129. The first-order chi connectivity index (χ1) is 5.57. The van der Waals surface area contributed by atoms with E-state index in [1.807, 2.05) is 0 Å². The third-order valence-corrected chi connectivity index (χ3v) is 1.20. The number of carbonyl (C=O) groups is 2. The second-order valence-corrected chi connectivity index (χ2v) is 2.34. The molecule has 0 aromatic heterocycles. The molecule has 0 aromatic rings. The fourth-order valence-electron chi connectivity index (χ4n) is 0.504. The van der Waals surface area contributed by atoms with Gasteiger partial charge in [-0.05, 0) is 0 Å². The monoisotopic (exact) mass is 175 g/mol. The molecule has 0 saturated carbocycles. The van der Waals surface area contributed by atoms with Gasteiger partial charge in [-0.1, -0.05) is 0 Å². The molecule has 0 atom stereocenters. The van der Waals surface area contributed by atoms with Crippen LogP contribution in [-0.4, -0.2) is 44.8 Å². The zero-order chi connectivity index (χ0) is 9.56. The number of carbonyl (C=O) groups excluding carboxylic acids is 2. The van der Waals surface area contributed by atoms with Gasteiger partial charge in [-0.25, -0.2) is 4.79 Å². The van der Waals surface area contributed by atoms with Gasteiger partial charge in [0.25, 0.3) is 0 Å². The minimum absolute atomic E-state index is 0.0592. The fraction of sp³-hybridized carbons (Fsp3) is 0.714. The Morgan fingerprint density at radius 1 is 1.33 bits per heavy atom. The van der Waals surface area contributed by atoms with Crippen molar-refractivity contribution in [3.8, 4) is 0 Å². The molecule has 0 aromatic carbocycles. The third-order valence-electron chi connectivity index (χ3n) is 1.20. The number of nitrogens with zero attached hydrogens (tertiary/aromatic N) is 1. The summed E-state index contributed by atoms with van der Waals surface area (Å²) in [7, 11) is 4.50.